The Morgan fingerprint density at radius 1 is 1.50 bits per heavy atom. The highest BCUT2D eigenvalue weighted by Gasteiger charge is 2.30. The van der Waals surface area contributed by atoms with E-state index in [1.165, 1.54) is 6.07 Å². The molecule has 2 rings (SSSR count). The zero-order valence-electron chi connectivity index (χ0n) is 11.3. The third kappa shape index (κ3) is 2.85. The van der Waals surface area contributed by atoms with E-state index in [0.717, 1.165) is 6.20 Å². The van der Waals surface area contributed by atoms with Gasteiger partial charge in [-0.1, -0.05) is 0 Å². The van der Waals surface area contributed by atoms with Gasteiger partial charge in [-0.05, 0) is 19.9 Å². The lowest BCUT2D eigenvalue weighted by molar-refractivity contribution is -0.385. The number of morpholine rings is 1. The van der Waals surface area contributed by atoms with Gasteiger partial charge in [0.2, 0.25) is 0 Å². The Kier molecular flexibility index (Phi) is 3.84. The maximum atomic E-state index is 12.5. The molecule has 1 aliphatic heterocycles. The van der Waals surface area contributed by atoms with Crippen molar-refractivity contribution in [1.29, 1.82) is 0 Å². The lowest BCUT2D eigenvalue weighted by atomic mass is 10.1. The number of rotatable bonds is 2. The number of aromatic nitrogens is 1. The average Bonchev–Trinajstić information content (AvgIpc) is 2.36. The van der Waals surface area contributed by atoms with Crippen molar-refractivity contribution >= 4 is 17.4 Å². The fourth-order valence-electron chi connectivity index (χ4n) is 2.30. The van der Waals surface area contributed by atoms with Crippen molar-refractivity contribution in [3.63, 3.8) is 0 Å². The van der Waals surface area contributed by atoms with E-state index in [1.807, 2.05) is 13.8 Å². The van der Waals surface area contributed by atoms with Crippen molar-refractivity contribution in [2.24, 2.45) is 0 Å². The highest BCUT2D eigenvalue weighted by molar-refractivity contribution is 5.98. The Balaban J connectivity index is 2.33. The summed E-state index contributed by atoms with van der Waals surface area (Å²) in [4.78, 5) is 28.0. The predicted octanol–water partition coefficient (Wildman–Crippen LogP) is 0.821. The molecule has 1 aromatic rings. The Hall–Kier alpha value is -2.22. The summed E-state index contributed by atoms with van der Waals surface area (Å²) in [6.45, 7) is 4.49. The fourth-order valence-corrected chi connectivity index (χ4v) is 2.30. The normalized spacial score (nSPS) is 22.6. The summed E-state index contributed by atoms with van der Waals surface area (Å²) in [5.74, 6) is -0.346. The van der Waals surface area contributed by atoms with E-state index in [-0.39, 0.29) is 29.3 Å². The minimum Gasteiger partial charge on any atom is -0.384 e. The van der Waals surface area contributed by atoms with Gasteiger partial charge in [0, 0.05) is 13.1 Å². The minimum atomic E-state index is -0.632. The van der Waals surface area contributed by atoms with Crippen LogP contribution in [0.3, 0.4) is 0 Å². The molecule has 1 aliphatic rings. The van der Waals surface area contributed by atoms with E-state index < -0.39 is 10.8 Å². The maximum absolute atomic E-state index is 12.5. The molecule has 2 atom stereocenters. The summed E-state index contributed by atoms with van der Waals surface area (Å²) < 4.78 is 5.54. The minimum absolute atomic E-state index is 0.0381. The zero-order valence-corrected chi connectivity index (χ0v) is 11.3. The monoisotopic (exact) mass is 280 g/mol. The van der Waals surface area contributed by atoms with Crippen molar-refractivity contribution in [3.8, 4) is 0 Å². The van der Waals surface area contributed by atoms with Crippen molar-refractivity contribution in [2.45, 2.75) is 26.1 Å². The first-order valence-electron chi connectivity index (χ1n) is 6.23. The Bertz CT molecular complexity index is 538. The van der Waals surface area contributed by atoms with Crippen LogP contribution < -0.4 is 5.73 Å². The summed E-state index contributed by atoms with van der Waals surface area (Å²) >= 11 is 0. The molecule has 8 nitrogen and oxygen atoms in total. The van der Waals surface area contributed by atoms with Crippen LogP contribution in [0.1, 0.15) is 24.2 Å². The average molecular weight is 280 g/mol. The number of carbonyl (C=O) groups is 1. The summed E-state index contributed by atoms with van der Waals surface area (Å²) in [5.41, 5.74) is 5.15. The van der Waals surface area contributed by atoms with Crippen LogP contribution in [0.25, 0.3) is 0 Å². The Labute approximate surface area is 115 Å². The van der Waals surface area contributed by atoms with Crippen LogP contribution >= 0.6 is 0 Å². The molecule has 0 aliphatic carbocycles. The quantitative estimate of drug-likeness (QED) is 0.634. The van der Waals surface area contributed by atoms with E-state index in [4.69, 9.17) is 10.5 Å². The largest absolute Gasteiger partial charge is 0.384 e. The molecule has 2 heterocycles. The molecular formula is C12H16N4O4. The van der Waals surface area contributed by atoms with Gasteiger partial charge in [-0.15, -0.1) is 0 Å². The van der Waals surface area contributed by atoms with E-state index in [1.54, 1.807) is 4.90 Å². The SMILES string of the molecule is CC1CN(C(=O)c2cc(N)ncc2[N+](=O)[O-])CC(C)O1. The molecule has 0 aromatic carbocycles. The molecule has 1 saturated heterocycles. The smallest absolute Gasteiger partial charge is 0.300 e. The molecule has 8 heteroatoms. The fraction of sp³-hybridized carbons (Fsp3) is 0.500. The molecular weight excluding hydrogens is 264 g/mol. The summed E-state index contributed by atoms with van der Waals surface area (Å²) in [5, 5.41) is 11.0. The number of ether oxygens (including phenoxy) is 1. The third-order valence-corrected chi connectivity index (χ3v) is 3.04. The molecule has 108 valence electrons. The van der Waals surface area contributed by atoms with Gasteiger partial charge in [0.25, 0.3) is 11.6 Å². The van der Waals surface area contributed by atoms with Crippen molar-refractivity contribution < 1.29 is 14.5 Å². The van der Waals surface area contributed by atoms with Crippen molar-refractivity contribution in [2.75, 3.05) is 18.8 Å². The summed E-state index contributed by atoms with van der Waals surface area (Å²) in [6, 6.07) is 1.24. The molecule has 0 radical (unpaired) electrons. The van der Waals surface area contributed by atoms with Crippen molar-refractivity contribution in [3.05, 3.63) is 27.9 Å². The molecule has 1 amide bonds. The molecule has 0 spiro atoms. The summed E-state index contributed by atoms with van der Waals surface area (Å²) in [6.07, 6.45) is 0.789. The number of nitro groups is 1. The highest BCUT2D eigenvalue weighted by atomic mass is 16.6. The zero-order chi connectivity index (χ0) is 14.9. The first-order chi connectivity index (χ1) is 9.38. The van der Waals surface area contributed by atoms with Crippen LogP contribution in [0.5, 0.6) is 0 Å². The molecule has 20 heavy (non-hydrogen) atoms. The number of anilines is 1. The number of nitrogen functional groups attached to an aromatic ring is 1. The molecule has 2 N–H and O–H groups in total. The number of carbonyl (C=O) groups excluding carboxylic acids is 1. The lowest BCUT2D eigenvalue weighted by Gasteiger charge is -2.35. The van der Waals surface area contributed by atoms with Gasteiger partial charge >= 0.3 is 0 Å². The van der Waals surface area contributed by atoms with Crippen LogP contribution in [-0.4, -0.2) is 46.0 Å². The lowest BCUT2D eigenvalue weighted by Crippen LogP contribution is -2.48. The van der Waals surface area contributed by atoms with Gasteiger partial charge in [0.05, 0.1) is 17.1 Å². The maximum Gasteiger partial charge on any atom is 0.300 e. The van der Waals surface area contributed by atoms with Crippen LogP contribution in [0.2, 0.25) is 0 Å². The number of hydrogen-bond acceptors (Lipinski definition) is 6. The van der Waals surface area contributed by atoms with E-state index >= 15 is 0 Å². The number of nitrogens with zero attached hydrogens (tertiary/aromatic N) is 3. The topological polar surface area (TPSA) is 112 Å². The Morgan fingerprint density at radius 3 is 2.65 bits per heavy atom. The second-order valence-electron chi connectivity index (χ2n) is 4.85. The first kappa shape index (κ1) is 14.2. The van der Waals surface area contributed by atoms with Crippen LogP contribution in [0.15, 0.2) is 12.3 Å². The second kappa shape index (κ2) is 5.41. The van der Waals surface area contributed by atoms with Gasteiger partial charge < -0.3 is 15.4 Å². The van der Waals surface area contributed by atoms with Crippen LogP contribution in [0, 0.1) is 10.1 Å². The number of hydrogen-bond donors (Lipinski definition) is 1. The van der Waals surface area contributed by atoms with Gasteiger partial charge in [-0.3, -0.25) is 14.9 Å². The van der Waals surface area contributed by atoms with Gasteiger partial charge in [0.15, 0.2) is 0 Å². The van der Waals surface area contributed by atoms with Gasteiger partial charge in [-0.2, -0.15) is 0 Å². The van der Waals surface area contributed by atoms with Gasteiger partial charge in [-0.25, -0.2) is 4.98 Å². The van der Waals surface area contributed by atoms with E-state index in [9.17, 15) is 14.9 Å². The van der Waals surface area contributed by atoms with E-state index in [0.29, 0.717) is 13.1 Å². The third-order valence-electron chi connectivity index (χ3n) is 3.04. The number of pyridine rings is 1. The molecule has 2 unspecified atom stereocenters. The first-order valence-corrected chi connectivity index (χ1v) is 6.23. The molecule has 1 aromatic heterocycles. The van der Waals surface area contributed by atoms with Crippen LogP contribution in [0.4, 0.5) is 11.5 Å². The highest BCUT2D eigenvalue weighted by Crippen LogP contribution is 2.22. The molecule has 1 fully saturated rings. The van der Waals surface area contributed by atoms with Crippen molar-refractivity contribution in [1.82, 2.24) is 9.88 Å². The second-order valence-corrected chi connectivity index (χ2v) is 4.85. The van der Waals surface area contributed by atoms with Gasteiger partial charge in [0.1, 0.15) is 17.6 Å². The Morgan fingerprint density at radius 2 is 2.10 bits per heavy atom. The predicted molar refractivity (Wildman–Crippen MR) is 71.2 cm³/mol. The molecule has 0 bridgehead atoms. The number of amides is 1. The number of nitrogens with two attached hydrogens (primary N) is 1. The van der Waals surface area contributed by atoms with Crippen LogP contribution in [-0.2, 0) is 4.74 Å². The standard InChI is InChI=1S/C12H16N4O4/c1-7-5-15(6-8(2)20-7)12(17)9-3-11(13)14-4-10(9)16(18)19/h3-4,7-8H,5-6H2,1-2H3,(H2,13,14). The van der Waals surface area contributed by atoms with E-state index in [2.05, 4.69) is 4.98 Å². The summed E-state index contributed by atoms with van der Waals surface area (Å²) in [7, 11) is 0. The molecule has 0 saturated carbocycles.